The summed E-state index contributed by atoms with van der Waals surface area (Å²) in [4.78, 5) is 4.71. The van der Waals surface area contributed by atoms with Crippen molar-refractivity contribution in [2.45, 2.75) is 0 Å². The Morgan fingerprint density at radius 1 is 0.405 bits per heavy atom. The van der Waals surface area contributed by atoms with E-state index in [-0.39, 0.29) is 0 Å². The Morgan fingerprint density at radius 3 is 1.31 bits per heavy atom. The number of hydrogen-bond acceptors (Lipinski definition) is 3. The molecule has 4 heteroatoms. The number of thiophene rings is 1. The molecule has 0 aliphatic rings. The fraction of sp³-hybridized carbons (Fsp3) is 0. The fourth-order valence-corrected chi connectivity index (χ4v) is 9.99. The summed E-state index contributed by atoms with van der Waals surface area (Å²) >= 11 is 2.26. The van der Waals surface area contributed by atoms with Crippen LogP contribution < -0.4 is 9.80 Å². The number of nitrogens with zero attached hydrogens (tertiary/aromatic N) is 2. The van der Waals surface area contributed by atoms with Crippen molar-refractivity contribution in [3.8, 4) is 0 Å². The zero-order valence-corrected chi connectivity index (χ0v) is 25.3. The maximum absolute atomic E-state index is 2.41. The topological polar surface area (TPSA) is 6.48 Å². The SMILES string of the molecule is c1ccc(N(c2ccccc2)c2ccc3sc4[se]c5ccc(N(c6ccccc6)c6ccccc6)cc5c4c3c2)cc1. The van der Waals surface area contributed by atoms with E-state index in [1.165, 1.54) is 40.1 Å². The first-order valence-electron chi connectivity index (χ1n) is 14.0. The predicted molar refractivity (Wildman–Crippen MR) is 183 cm³/mol. The van der Waals surface area contributed by atoms with Crippen LogP contribution in [0.15, 0.2) is 158 Å². The molecule has 200 valence electrons. The van der Waals surface area contributed by atoms with Gasteiger partial charge in [-0.1, -0.05) is 0 Å². The third-order valence-corrected chi connectivity index (χ3v) is 11.6. The normalized spacial score (nSPS) is 11.3. The summed E-state index contributed by atoms with van der Waals surface area (Å²) in [7, 11) is 0. The van der Waals surface area contributed by atoms with E-state index in [9.17, 15) is 0 Å². The van der Waals surface area contributed by atoms with Gasteiger partial charge in [-0.15, -0.1) is 0 Å². The van der Waals surface area contributed by atoms with Crippen LogP contribution in [-0.2, 0) is 0 Å². The van der Waals surface area contributed by atoms with Gasteiger partial charge in [0.15, 0.2) is 0 Å². The van der Waals surface area contributed by atoms with Crippen LogP contribution in [0.4, 0.5) is 34.1 Å². The molecular weight excluding hydrogens is 595 g/mol. The molecule has 0 saturated carbocycles. The molecule has 2 aromatic heterocycles. The van der Waals surface area contributed by atoms with Crippen molar-refractivity contribution in [1.82, 2.24) is 0 Å². The first kappa shape index (κ1) is 25.1. The Bertz CT molecular complexity index is 1900. The van der Waals surface area contributed by atoms with Crippen molar-refractivity contribution in [3.05, 3.63) is 158 Å². The Balaban J connectivity index is 1.33. The summed E-state index contributed by atoms with van der Waals surface area (Å²) in [6, 6.07) is 56.7. The summed E-state index contributed by atoms with van der Waals surface area (Å²) in [5.41, 5.74) is 6.98. The molecule has 0 fully saturated rings. The van der Waals surface area contributed by atoms with E-state index >= 15 is 0 Å². The van der Waals surface area contributed by atoms with Gasteiger partial charge >= 0.3 is 256 Å². The van der Waals surface area contributed by atoms with Gasteiger partial charge in [0.05, 0.1) is 0 Å². The Labute approximate surface area is 255 Å². The van der Waals surface area contributed by atoms with Gasteiger partial charge in [0.1, 0.15) is 0 Å². The van der Waals surface area contributed by atoms with Crippen molar-refractivity contribution < 1.29 is 0 Å². The molecular formula is C38H26N2SSe. The average molecular weight is 622 g/mol. The molecule has 0 saturated heterocycles. The summed E-state index contributed by atoms with van der Waals surface area (Å²) in [6.07, 6.45) is 0. The molecule has 42 heavy (non-hydrogen) atoms. The molecule has 0 bridgehead atoms. The monoisotopic (exact) mass is 622 g/mol. The molecule has 0 aliphatic carbocycles. The zero-order valence-electron chi connectivity index (χ0n) is 22.7. The van der Waals surface area contributed by atoms with Crippen molar-refractivity contribution >= 4 is 88.7 Å². The van der Waals surface area contributed by atoms with Gasteiger partial charge in [-0.2, -0.15) is 0 Å². The Hall–Kier alpha value is -4.60. The first-order valence-corrected chi connectivity index (χ1v) is 16.6. The first-order chi connectivity index (χ1) is 20.8. The number of fused-ring (bicyclic) bond motifs is 5. The number of anilines is 6. The molecule has 0 N–H and O–H groups in total. The third kappa shape index (κ3) is 4.42. The second kappa shape index (κ2) is 10.7. The molecule has 8 rings (SSSR count). The van der Waals surface area contributed by atoms with E-state index in [1.807, 2.05) is 11.3 Å². The fourth-order valence-electron chi connectivity index (χ4n) is 5.77. The van der Waals surface area contributed by atoms with Crippen LogP contribution in [0.5, 0.6) is 0 Å². The van der Waals surface area contributed by atoms with Gasteiger partial charge in [0, 0.05) is 0 Å². The van der Waals surface area contributed by atoms with Gasteiger partial charge in [0.2, 0.25) is 0 Å². The maximum atomic E-state index is 2.41. The molecule has 2 heterocycles. The van der Waals surface area contributed by atoms with E-state index in [0.29, 0.717) is 14.5 Å². The molecule has 0 atom stereocenters. The molecule has 0 spiro atoms. The van der Waals surface area contributed by atoms with Crippen LogP contribution in [0.2, 0.25) is 0 Å². The van der Waals surface area contributed by atoms with E-state index in [1.54, 1.807) is 0 Å². The minimum absolute atomic E-state index is 0.302. The van der Waals surface area contributed by atoms with E-state index < -0.39 is 0 Å². The van der Waals surface area contributed by atoms with Crippen LogP contribution in [0.3, 0.4) is 0 Å². The number of benzene rings is 6. The van der Waals surface area contributed by atoms with Crippen molar-refractivity contribution in [2.75, 3.05) is 9.80 Å². The summed E-state index contributed by atoms with van der Waals surface area (Å²) in [5, 5.41) is 4.12. The van der Waals surface area contributed by atoms with Gasteiger partial charge in [-0.05, 0) is 0 Å². The average Bonchev–Trinajstić information content (AvgIpc) is 3.59. The molecule has 0 aliphatic heterocycles. The van der Waals surface area contributed by atoms with Crippen LogP contribution in [0, 0.1) is 0 Å². The predicted octanol–water partition coefficient (Wildman–Crippen LogP) is 11.2. The Kier molecular flexibility index (Phi) is 6.38. The van der Waals surface area contributed by atoms with Crippen molar-refractivity contribution in [3.63, 3.8) is 0 Å². The van der Waals surface area contributed by atoms with Gasteiger partial charge in [-0.25, -0.2) is 0 Å². The second-order valence-corrected chi connectivity index (χ2v) is 14.1. The van der Waals surface area contributed by atoms with E-state index in [2.05, 4.69) is 168 Å². The zero-order chi connectivity index (χ0) is 27.9. The van der Waals surface area contributed by atoms with E-state index in [4.69, 9.17) is 0 Å². The third-order valence-electron chi connectivity index (χ3n) is 7.65. The minimum atomic E-state index is 0.302. The van der Waals surface area contributed by atoms with Crippen LogP contribution in [0.25, 0.3) is 28.7 Å². The number of hydrogen-bond donors (Lipinski definition) is 0. The molecule has 0 unspecified atom stereocenters. The molecule has 0 radical (unpaired) electrons. The van der Waals surface area contributed by atoms with Crippen LogP contribution in [-0.4, -0.2) is 14.5 Å². The molecule has 8 aromatic rings. The van der Waals surface area contributed by atoms with Gasteiger partial charge in [-0.3, -0.25) is 0 Å². The van der Waals surface area contributed by atoms with Crippen LogP contribution >= 0.6 is 11.3 Å². The van der Waals surface area contributed by atoms with Gasteiger partial charge in [0.25, 0.3) is 0 Å². The van der Waals surface area contributed by atoms with Crippen molar-refractivity contribution in [2.24, 2.45) is 0 Å². The summed E-state index contributed by atoms with van der Waals surface area (Å²) in [5.74, 6) is 0. The van der Waals surface area contributed by atoms with Gasteiger partial charge < -0.3 is 0 Å². The second-order valence-electron chi connectivity index (χ2n) is 10.2. The van der Waals surface area contributed by atoms with E-state index in [0.717, 1.165) is 22.7 Å². The molecule has 2 nitrogen and oxygen atoms in total. The van der Waals surface area contributed by atoms with Crippen LogP contribution in [0.1, 0.15) is 0 Å². The number of para-hydroxylation sites is 4. The Morgan fingerprint density at radius 2 is 0.833 bits per heavy atom. The standard InChI is InChI=1S/C38H26N2SSe/c1-5-13-27(14-6-1)39(28-15-7-2-8-16-28)31-21-23-35-33(25-31)37-34-26-32(22-24-36(34)42-38(37)41-35)40(29-17-9-3-10-18-29)30-19-11-4-12-20-30/h1-26H. The summed E-state index contributed by atoms with van der Waals surface area (Å²) in [6.45, 7) is 0. The quantitative estimate of drug-likeness (QED) is 0.171. The number of rotatable bonds is 6. The molecule has 0 amide bonds. The van der Waals surface area contributed by atoms with Crippen molar-refractivity contribution in [1.29, 1.82) is 0 Å². The molecule has 6 aromatic carbocycles. The summed E-state index contributed by atoms with van der Waals surface area (Å²) < 4.78 is 4.33.